The third kappa shape index (κ3) is 13.1. The highest BCUT2D eigenvalue weighted by atomic mass is 31.2. The Hall–Kier alpha value is -0.830. The number of para-hydroxylation sites is 1. The van der Waals surface area contributed by atoms with Crippen molar-refractivity contribution in [1.82, 2.24) is 0 Å². The average molecular weight is 399 g/mol. The number of unbranched alkanes of at least 4 members (excludes halogenated alkanes) is 10. The molecule has 0 fully saturated rings. The predicted octanol–water partition coefficient (Wildman–Crippen LogP) is 7.93. The molecule has 0 aromatic heterocycles. The summed E-state index contributed by atoms with van der Waals surface area (Å²) < 4.78 is 29.8. The zero-order valence-electron chi connectivity index (χ0n) is 17.4. The molecule has 1 aromatic carbocycles. The fourth-order valence-electron chi connectivity index (χ4n) is 2.82. The number of phosphoric acid groups is 1. The van der Waals surface area contributed by atoms with Gasteiger partial charge in [-0.25, -0.2) is 4.57 Å². The first-order valence-corrected chi connectivity index (χ1v) is 12.3. The summed E-state index contributed by atoms with van der Waals surface area (Å²) in [6.45, 7) is 5.24. The lowest BCUT2D eigenvalue weighted by Gasteiger charge is -2.18. The fraction of sp³-hybridized carbons (Fsp3) is 0.727. The van der Waals surface area contributed by atoms with Gasteiger partial charge in [0, 0.05) is 0 Å². The van der Waals surface area contributed by atoms with E-state index in [2.05, 4.69) is 13.8 Å². The first kappa shape index (κ1) is 24.2. The topological polar surface area (TPSA) is 44.8 Å². The van der Waals surface area contributed by atoms with Crippen LogP contribution in [0.4, 0.5) is 0 Å². The van der Waals surface area contributed by atoms with Crippen molar-refractivity contribution in [2.24, 2.45) is 0 Å². The smallest absolute Gasteiger partial charge is 0.404 e. The zero-order valence-corrected chi connectivity index (χ0v) is 18.3. The minimum atomic E-state index is -3.56. The van der Waals surface area contributed by atoms with Crippen LogP contribution in [-0.4, -0.2) is 13.2 Å². The zero-order chi connectivity index (χ0) is 19.6. The van der Waals surface area contributed by atoms with Crippen molar-refractivity contribution < 1.29 is 18.1 Å². The largest absolute Gasteiger partial charge is 0.530 e. The summed E-state index contributed by atoms with van der Waals surface area (Å²) in [7, 11) is -3.56. The van der Waals surface area contributed by atoms with Gasteiger partial charge in [-0.05, 0) is 25.0 Å². The monoisotopic (exact) mass is 398 g/mol. The number of hydrogen-bond donors (Lipinski definition) is 0. The van der Waals surface area contributed by atoms with Crippen LogP contribution in [-0.2, 0) is 13.6 Å². The van der Waals surface area contributed by atoms with Crippen LogP contribution in [0.2, 0.25) is 0 Å². The number of benzene rings is 1. The normalized spacial score (nSPS) is 11.6. The molecule has 0 heterocycles. The van der Waals surface area contributed by atoms with Gasteiger partial charge in [0.1, 0.15) is 5.75 Å². The van der Waals surface area contributed by atoms with E-state index in [9.17, 15) is 4.57 Å². The molecule has 0 N–H and O–H groups in total. The Kier molecular flexibility index (Phi) is 14.5. The average Bonchev–Trinajstić information content (AvgIpc) is 2.67. The van der Waals surface area contributed by atoms with Gasteiger partial charge < -0.3 is 4.52 Å². The van der Waals surface area contributed by atoms with Crippen molar-refractivity contribution in [2.45, 2.75) is 90.9 Å². The van der Waals surface area contributed by atoms with Gasteiger partial charge in [-0.2, -0.15) is 0 Å². The van der Waals surface area contributed by atoms with Crippen LogP contribution < -0.4 is 4.52 Å². The van der Waals surface area contributed by atoms with Crippen molar-refractivity contribution in [3.05, 3.63) is 30.3 Å². The van der Waals surface area contributed by atoms with Crippen LogP contribution in [0.15, 0.2) is 30.3 Å². The van der Waals surface area contributed by atoms with Crippen molar-refractivity contribution in [2.75, 3.05) is 13.2 Å². The molecular weight excluding hydrogens is 359 g/mol. The molecule has 0 atom stereocenters. The van der Waals surface area contributed by atoms with E-state index < -0.39 is 7.82 Å². The summed E-state index contributed by atoms with van der Waals surface area (Å²) in [4.78, 5) is 0. The maximum absolute atomic E-state index is 13.0. The molecular formula is C22H39O4P. The quantitative estimate of drug-likeness (QED) is 0.186. The summed E-state index contributed by atoms with van der Waals surface area (Å²) >= 11 is 0. The van der Waals surface area contributed by atoms with E-state index in [1.165, 1.54) is 51.4 Å². The second kappa shape index (κ2) is 16.2. The fourth-order valence-corrected chi connectivity index (χ4v) is 4.08. The minimum Gasteiger partial charge on any atom is -0.404 e. The van der Waals surface area contributed by atoms with E-state index in [1.54, 1.807) is 12.1 Å². The molecule has 0 radical (unpaired) electrons. The van der Waals surface area contributed by atoms with Gasteiger partial charge in [-0.3, -0.25) is 9.05 Å². The van der Waals surface area contributed by atoms with Gasteiger partial charge in [0.25, 0.3) is 0 Å². The second-order valence-electron chi connectivity index (χ2n) is 7.05. The first-order chi connectivity index (χ1) is 13.2. The van der Waals surface area contributed by atoms with E-state index in [0.717, 1.165) is 25.7 Å². The van der Waals surface area contributed by atoms with E-state index in [0.29, 0.717) is 19.0 Å². The molecule has 1 rings (SSSR count). The van der Waals surface area contributed by atoms with E-state index >= 15 is 0 Å². The van der Waals surface area contributed by atoms with Crippen molar-refractivity contribution >= 4 is 7.82 Å². The highest BCUT2D eigenvalue weighted by Gasteiger charge is 2.28. The number of hydrogen-bond acceptors (Lipinski definition) is 4. The van der Waals surface area contributed by atoms with Gasteiger partial charge in [-0.15, -0.1) is 0 Å². The molecule has 0 bridgehead atoms. The van der Waals surface area contributed by atoms with E-state index in [-0.39, 0.29) is 0 Å². The summed E-state index contributed by atoms with van der Waals surface area (Å²) in [5.41, 5.74) is 0. The summed E-state index contributed by atoms with van der Waals surface area (Å²) in [6.07, 6.45) is 13.9. The van der Waals surface area contributed by atoms with Gasteiger partial charge in [0.15, 0.2) is 0 Å². The highest BCUT2D eigenvalue weighted by molar-refractivity contribution is 7.48. The van der Waals surface area contributed by atoms with Crippen LogP contribution in [0.5, 0.6) is 5.75 Å². The Bertz CT molecular complexity index is 470. The molecule has 0 saturated heterocycles. The molecule has 0 unspecified atom stereocenters. The Morgan fingerprint density at radius 2 is 1.11 bits per heavy atom. The maximum atomic E-state index is 13.0. The first-order valence-electron chi connectivity index (χ1n) is 10.8. The lowest BCUT2D eigenvalue weighted by Crippen LogP contribution is -2.05. The van der Waals surface area contributed by atoms with Crippen LogP contribution in [0.25, 0.3) is 0 Å². The SMILES string of the molecule is CCCCCCCCOP(=O)(OCCCCCCCC)Oc1ccccc1. The molecule has 156 valence electrons. The van der Waals surface area contributed by atoms with Crippen LogP contribution in [0, 0.1) is 0 Å². The summed E-state index contributed by atoms with van der Waals surface area (Å²) in [5.74, 6) is 0.520. The van der Waals surface area contributed by atoms with Gasteiger partial charge in [-0.1, -0.05) is 96.3 Å². The van der Waals surface area contributed by atoms with Gasteiger partial charge in [0.2, 0.25) is 0 Å². The van der Waals surface area contributed by atoms with Crippen LogP contribution >= 0.6 is 7.82 Å². The van der Waals surface area contributed by atoms with Crippen molar-refractivity contribution in [3.63, 3.8) is 0 Å². The molecule has 0 amide bonds. The molecule has 0 aliphatic heterocycles. The third-order valence-electron chi connectivity index (χ3n) is 4.46. The molecule has 0 aliphatic rings. The number of rotatable bonds is 18. The molecule has 0 saturated carbocycles. The second-order valence-corrected chi connectivity index (χ2v) is 8.65. The Morgan fingerprint density at radius 3 is 1.59 bits per heavy atom. The molecule has 4 nitrogen and oxygen atoms in total. The standard InChI is InChI=1S/C22H39O4P/c1-3-5-7-9-11-16-20-24-27(23,26-22-18-14-13-15-19-22)25-21-17-12-10-8-6-4-2/h13-15,18-19H,3-12,16-17,20-21H2,1-2H3. The third-order valence-corrected chi connectivity index (χ3v) is 5.89. The number of phosphoric ester groups is 1. The lowest BCUT2D eigenvalue weighted by molar-refractivity contribution is 0.150. The molecule has 0 aliphatic carbocycles. The minimum absolute atomic E-state index is 0.409. The van der Waals surface area contributed by atoms with Crippen LogP contribution in [0.1, 0.15) is 90.9 Å². The van der Waals surface area contributed by atoms with Crippen molar-refractivity contribution in [3.8, 4) is 5.75 Å². The highest BCUT2D eigenvalue weighted by Crippen LogP contribution is 2.49. The van der Waals surface area contributed by atoms with Gasteiger partial charge >= 0.3 is 7.82 Å². The molecule has 0 spiro atoms. The Labute approximate surface area is 166 Å². The molecule has 1 aromatic rings. The van der Waals surface area contributed by atoms with Crippen LogP contribution in [0.3, 0.4) is 0 Å². The van der Waals surface area contributed by atoms with Crippen molar-refractivity contribution in [1.29, 1.82) is 0 Å². The van der Waals surface area contributed by atoms with Gasteiger partial charge in [0.05, 0.1) is 13.2 Å². The maximum Gasteiger partial charge on any atom is 0.530 e. The van der Waals surface area contributed by atoms with E-state index in [4.69, 9.17) is 13.6 Å². The summed E-state index contributed by atoms with van der Waals surface area (Å²) in [5, 5.41) is 0. The molecule has 27 heavy (non-hydrogen) atoms. The molecule has 5 heteroatoms. The lowest BCUT2D eigenvalue weighted by atomic mass is 10.1. The summed E-state index contributed by atoms with van der Waals surface area (Å²) in [6, 6.07) is 9.14. The Morgan fingerprint density at radius 1 is 0.667 bits per heavy atom. The van der Waals surface area contributed by atoms with E-state index in [1.807, 2.05) is 18.2 Å². The Balaban J connectivity index is 2.36. The predicted molar refractivity (Wildman–Crippen MR) is 113 cm³/mol.